The van der Waals surface area contributed by atoms with Crippen molar-refractivity contribution in [1.29, 1.82) is 0 Å². The van der Waals surface area contributed by atoms with Gasteiger partial charge in [-0.05, 0) is 12.0 Å². The number of carbonyl (C=O) groups is 2. The monoisotopic (exact) mass is 332 g/mol. The summed E-state index contributed by atoms with van der Waals surface area (Å²) in [5, 5.41) is 7.08. The second-order valence-electron chi connectivity index (χ2n) is 6.28. The van der Waals surface area contributed by atoms with Crippen molar-refractivity contribution in [3.8, 4) is 0 Å². The van der Waals surface area contributed by atoms with Crippen LogP contribution in [0.2, 0.25) is 0 Å². The Balaban J connectivity index is 1.68. The normalized spacial score (nSPS) is 18.4. The molecule has 0 unspecified atom stereocenters. The van der Waals surface area contributed by atoms with E-state index in [0.29, 0.717) is 12.3 Å². The lowest BCUT2D eigenvalue weighted by Crippen LogP contribution is -2.30. The van der Waals surface area contributed by atoms with Gasteiger partial charge in [-0.25, -0.2) is 4.98 Å². The quantitative estimate of drug-likeness (QED) is 0.787. The van der Waals surface area contributed by atoms with Crippen molar-refractivity contribution in [3.63, 3.8) is 0 Å². The van der Waals surface area contributed by atoms with Crippen LogP contribution in [0.1, 0.15) is 42.5 Å². The second kappa shape index (κ2) is 6.23. The van der Waals surface area contributed by atoms with E-state index in [2.05, 4.69) is 23.9 Å². The van der Waals surface area contributed by atoms with Gasteiger partial charge in [0.05, 0.1) is 29.4 Å². The molecule has 0 radical (unpaired) electrons. The molecule has 1 atom stereocenters. The Morgan fingerprint density at radius 2 is 2.17 bits per heavy atom. The van der Waals surface area contributed by atoms with Crippen molar-refractivity contribution in [1.82, 2.24) is 19.7 Å². The lowest BCUT2D eigenvalue weighted by Gasteiger charge is -2.13. The largest absolute Gasteiger partial charge is 0.276 e. The van der Waals surface area contributed by atoms with Gasteiger partial charge in [0.15, 0.2) is 0 Å². The number of imide groups is 1. The molecular formula is C16H20N4O2S. The van der Waals surface area contributed by atoms with E-state index in [-0.39, 0.29) is 30.7 Å². The standard InChI is InChI=1S/C16H20N4O2S/c1-10(2)15-18-13(9-23-15)8-20-14(21)5-12(16(20)22)4-11-6-17-19(3)7-11/h6-7,9-10,12H,4-5,8H2,1-3H3/t12-/m0/s1. The van der Waals surface area contributed by atoms with Crippen molar-refractivity contribution in [2.45, 2.75) is 39.2 Å². The maximum Gasteiger partial charge on any atom is 0.233 e. The molecular weight excluding hydrogens is 312 g/mol. The molecule has 23 heavy (non-hydrogen) atoms. The summed E-state index contributed by atoms with van der Waals surface area (Å²) in [6, 6.07) is 0. The van der Waals surface area contributed by atoms with Gasteiger partial charge in [-0.2, -0.15) is 5.10 Å². The van der Waals surface area contributed by atoms with Gasteiger partial charge >= 0.3 is 0 Å². The van der Waals surface area contributed by atoms with E-state index in [9.17, 15) is 9.59 Å². The Labute approximate surface area is 139 Å². The first-order valence-corrected chi connectivity index (χ1v) is 8.58. The minimum absolute atomic E-state index is 0.0991. The summed E-state index contributed by atoms with van der Waals surface area (Å²) in [4.78, 5) is 30.6. The summed E-state index contributed by atoms with van der Waals surface area (Å²) < 4.78 is 1.71. The lowest BCUT2D eigenvalue weighted by molar-refractivity contribution is -0.140. The fourth-order valence-corrected chi connectivity index (χ4v) is 3.59. The molecule has 0 aromatic carbocycles. The number of hydrogen-bond donors (Lipinski definition) is 0. The Bertz CT molecular complexity index is 734. The number of carbonyl (C=O) groups excluding carboxylic acids is 2. The van der Waals surface area contributed by atoms with Gasteiger partial charge in [-0.15, -0.1) is 11.3 Å². The van der Waals surface area contributed by atoms with Gasteiger partial charge < -0.3 is 0 Å². The third kappa shape index (κ3) is 3.34. The molecule has 1 aliphatic heterocycles. The second-order valence-corrected chi connectivity index (χ2v) is 7.17. The predicted molar refractivity (Wildman–Crippen MR) is 86.8 cm³/mol. The summed E-state index contributed by atoms with van der Waals surface area (Å²) in [5.74, 6) is -0.132. The highest BCUT2D eigenvalue weighted by Gasteiger charge is 2.38. The third-order valence-electron chi connectivity index (χ3n) is 3.96. The molecule has 0 bridgehead atoms. The fraction of sp³-hybridized carbons (Fsp3) is 0.500. The number of nitrogens with zero attached hydrogens (tertiary/aromatic N) is 4. The van der Waals surface area contributed by atoms with E-state index in [1.54, 1.807) is 22.2 Å². The van der Waals surface area contributed by atoms with Gasteiger partial charge in [0.2, 0.25) is 11.8 Å². The molecule has 0 saturated carbocycles. The molecule has 6 nitrogen and oxygen atoms in total. The number of aromatic nitrogens is 3. The van der Waals surface area contributed by atoms with E-state index in [1.807, 2.05) is 18.6 Å². The molecule has 2 aromatic heterocycles. The van der Waals surface area contributed by atoms with E-state index >= 15 is 0 Å². The first kappa shape index (κ1) is 15.9. The lowest BCUT2D eigenvalue weighted by atomic mass is 10.0. The predicted octanol–water partition coefficient (Wildman–Crippen LogP) is 2.12. The highest BCUT2D eigenvalue weighted by molar-refractivity contribution is 7.09. The fourth-order valence-electron chi connectivity index (χ4n) is 2.76. The zero-order valence-corrected chi connectivity index (χ0v) is 14.3. The summed E-state index contributed by atoms with van der Waals surface area (Å²) in [6.07, 6.45) is 4.46. The van der Waals surface area contributed by atoms with Gasteiger partial charge in [0.25, 0.3) is 0 Å². The van der Waals surface area contributed by atoms with Crippen molar-refractivity contribution < 1.29 is 9.59 Å². The molecule has 0 spiro atoms. The summed E-state index contributed by atoms with van der Waals surface area (Å²) in [6.45, 7) is 4.45. The van der Waals surface area contributed by atoms with Crippen LogP contribution in [-0.2, 0) is 29.6 Å². The van der Waals surface area contributed by atoms with Crippen LogP contribution in [0.5, 0.6) is 0 Å². The van der Waals surface area contributed by atoms with Crippen LogP contribution in [0, 0.1) is 5.92 Å². The van der Waals surface area contributed by atoms with Crippen molar-refractivity contribution in [2.24, 2.45) is 13.0 Å². The highest BCUT2D eigenvalue weighted by atomic mass is 32.1. The van der Waals surface area contributed by atoms with Crippen molar-refractivity contribution in [2.75, 3.05) is 0 Å². The minimum Gasteiger partial charge on any atom is -0.276 e. The van der Waals surface area contributed by atoms with Crippen LogP contribution < -0.4 is 0 Å². The van der Waals surface area contributed by atoms with Crippen LogP contribution in [0.3, 0.4) is 0 Å². The Morgan fingerprint density at radius 1 is 1.39 bits per heavy atom. The average molecular weight is 332 g/mol. The maximum absolute atomic E-state index is 12.5. The zero-order valence-electron chi connectivity index (χ0n) is 13.5. The molecule has 1 aliphatic rings. The topological polar surface area (TPSA) is 68.1 Å². The van der Waals surface area contributed by atoms with Crippen LogP contribution in [0.15, 0.2) is 17.8 Å². The van der Waals surface area contributed by atoms with Crippen LogP contribution in [0.4, 0.5) is 0 Å². The number of likely N-dealkylation sites (tertiary alicyclic amines) is 1. The zero-order chi connectivity index (χ0) is 16.6. The molecule has 1 fully saturated rings. The summed E-state index contributed by atoms with van der Waals surface area (Å²) in [7, 11) is 1.84. The van der Waals surface area contributed by atoms with E-state index in [4.69, 9.17) is 0 Å². The van der Waals surface area contributed by atoms with E-state index in [1.165, 1.54) is 4.90 Å². The molecule has 3 rings (SSSR count). The van der Waals surface area contributed by atoms with E-state index in [0.717, 1.165) is 16.3 Å². The van der Waals surface area contributed by atoms with Crippen LogP contribution in [-0.4, -0.2) is 31.5 Å². The number of amides is 2. The van der Waals surface area contributed by atoms with Crippen molar-refractivity contribution >= 4 is 23.2 Å². The first-order valence-electron chi connectivity index (χ1n) is 7.70. The van der Waals surface area contributed by atoms with Gasteiger partial charge in [-0.1, -0.05) is 13.8 Å². The Kier molecular flexibility index (Phi) is 4.30. The molecule has 0 aliphatic carbocycles. The maximum atomic E-state index is 12.5. The molecule has 3 heterocycles. The van der Waals surface area contributed by atoms with Gasteiger partial charge in [0, 0.05) is 31.0 Å². The average Bonchev–Trinajstić information content (AvgIpc) is 3.17. The third-order valence-corrected chi connectivity index (χ3v) is 5.16. The smallest absolute Gasteiger partial charge is 0.233 e. The van der Waals surface area contributed by atoms with Gasteiger partial charge in [0.1, 0.15) is 0 Å². The molecule has 2 amide bonds. The molecule has 0 N–H and O–H groups in total. The van der Waals surface area contributed by atoms with Crippen LogP contribution >= 0.6 is 11.3 Å². The molecule has 7 heteroatoms. The highest BCUT2D eigenvalue weighted by Crippen LogP contribution is 2.26. The molecule has 122 valence electrons. The summed E-state index contributed by atoms with van der Waals surface area (Å²) in [5.41, 5.74) is 1.78. The minimum atomic E-state index is -0.282. The Morgan fingerprint density at radius 3 is 2.78 bits per heavy atom. The SMILES string of the molecule is CC(C)c1nc(CN2C(=O)C[C@H](Cc3cnn(C)c3)C2=O)cs1. The van der Waals surface area contributed by atoms with Gasteiger partial charge in [-0.3, -0.25) is 19.2 Å². The number of hydrogen-bond acceptors (Lipinski definition) is 5. The van der Waals surface area contributed by atoms with Crippen molar-refractivity contribution in [3.05, 3.63) is 34.0 Å². The summed E-state index contributed by atoms with van der Waals surface area (Å²) >= 11 is 1.58. The number of rotatable bonds is 5. The molecule has 2 aromatic rings. The Hall–Kier alpha value is -2.02. The number of thiazole rings is 1. The first-order chi connectivity index (χ1) is 10.9. The number of aryl methyl sites for hydroxylation is 1. The molecule has 1 saturated heterocycles. The van der Waals surface area contributed by atoms with Crippen LogP contribution in [0.25, 0.3) is 0 Å². The van der Waals surface area contributed by atoms with E-state index < -0.39 is 0 Å².